The van der Waals surface area contributed by atoms with Crippen LogP contribution in [-0.2, 0) is 4.74 Å². The van der Waals surface area contributed by atoms with Crippen LogP contribution >= 0.6 is 11.8 Å². The second kappa shape index (κ2) is 8.41. The van der Waals surface area contributed by atoms with E-state index in [0.29, 0.717) is 19.3 Å². The first-order valence-corrected chi connectivity index (χ1v) is 8.51. The third kappa shape index (κ3) is 5.47. The summed E-state index contributed by atoms with van der Waals surface area (Å²) in [5, 5.41) is 14.0. The van der Waals surface area contributed by atoms with Gasteiger partial charge in [-0.2, -0.15) is 11.8 Å². The van der Waals surface area contributed by atoms with Crippen molar-refractivity contribution in [3.05, 3.63) is 0 Å². The van der Waals surface area contributed by atoms with E-state index in [1.165, 1.54) is 50.7 Å². The van der Waals surface area contributed by atoms with E-state index < -0.39 is 0 Å². The van der Waals surface area contributed by atoms with Crippen molar-refractivity contribution in [1.29, 1.82) is 0 Å². The summed E-state index contributed by atoms with van der Waals surface area (Å²) >= 11 is 2.05. The van der Waals surface area contributed by atoms with Crippen LogP contribution in [0.3, 0.4) is 0 Å². The molecule has 0 aromatic rings. The van der Waals surface area contributed by atoms with Gasteiger partial charge in [0.2, 0.25) is 0 Å². The molecule has 18 heavy (non-hydrogen) atoms. The standard InChI is InChI=1S/C14H27NO2S/c16-12(9-15-10-14-7-4-8-18-14)11-17-13-5-2-1-3-6-13/h12-16H,1-11H2. The molecule has 0 amide bonds. The molecular weight excluding hydrogens is 246 g/mol. The zero-order chi connectivity index (χ0) is 12.6. The van der Waals surface area contributed by atoms with Gasteiger partial charge in [-0.15, -0.1) is 0 Å². The minimum Gasteiger partial charge on any atom is -0.389 e. The molecule has 3 nitrogen and oxygen atoms in total. The first-order valence-electron chi connectivity index (χ1n) is 7.46. The average Bonchev–Trinajstić information content (AvgIpc) is 2.91. The van der Waals surface area contributed by atoms with Crippen molar-refractivity contribution in [2.45, 2.75) is 62.4 Å². The van der Waals surface area contributed by atoms with E-state index in [1.807, 2.05) is 0 Å². The van der Waals surface area contributed by atoms with Crippen LogP contribution in [0.4, 0.5) is 0 Å². The monoisotopic (exact) mass is 273 g/mol. The fraction of sp³-hybridized carbons (Fsp3) is 1.00. The summed E-state index contributed by atoms with van der Waals surface area (Å²) in [4.78, 5) is 0. The molecular formula is C14H27NO2S. The molecule has 2 aliphatic rings. The minimum absolute atomic E-state index is 0.349. The summed E-state index contributed by atoms with van der Waals surface area (Å²) in [6.45, 7) is 2.20. The van der Waals surface area contributed by atoms with Gasteiger partial charge in [-0.1, -0.05) is 19.3 Å². The van der Waals surface area contributed by atoms with Gasteiger partial charge >= 0.3 is 0 Å². The molecule has 2 N–H and O–H groups in total. The number of ether oxygens (including phenoxy) is 1. The highest BCUT2D eigenvalue weighted by Crippen LogP contribution is 2.25. The number of nitrogens with one attached hydrogen (secondary N) is 1. The molecule has 1 aliphatic heterocycles. The van der Waals surface area contributed by atoms with Gasteiger partial charge in [-0.3, -0.25) is 0 Å². The fourth-order valence-electron chi connectivity index (χ4n) is 2.75. The van der Waals surface area contributed by atoms with Crippen LogP contribution in [0.25, 0.3) is 0 Å². The van der Waals surface area contributed by atoms with Crippen molar-refractivity contribution in [1.82, 2.24) is 5.32 Å². The molecule has 4 heteroatoms. The Bertz CT molecular complexity index is 216. The number of aliphatic hydroxyl groups is 1. The second-order valence-corrected chi connectivity index (χ2v) is 6.95. The van der Waals surface area contributed by atoms with E-state index in [4.69, 9.17) is 4.74 Å². The lowest BCUT2D eigenvalue weighted by molar-refractivity contribution is -0.0228. The maximum absolute atomic E-state index is 9.86. The molecule has 0 spiro atoms. The van der Waals surface area contributed by atoms with E-state index in [2.05, 4.69) is 17.1 Å². The van der Waals surface area contributed by atoms with Crippen molar-refractivity contribution in [3.8, 4) is 0 Å². The van der Waals surface area contributed by atoms with Crippen LogP contribution in [0.1, 0.15) is 44.9 Å². The molecule has 1 aliphatic carbocycles. The molecule has 2 atom stereocenters. The number of hydrogen-bond acceptors (Lipinski definition) is 4. The molecule has 2 fully saturated rings. The molecule has 0 aromatic carbocycles. The Kier molecular flexibility index (Phi) is 6.84. The van der Waals surface area contributed by atoms with Gasteiger partial charge in [-0.25, -0.2) is 0 Å². The van der Waals surface area contributed by atoms with Gasteiger partial charge in [0.05, 0.1) is 18.8 Å². The Balaban J connectivity index is 1.47. The largest absolute Gasteiger partial charge is 0.389 e. The first-order chi connectivity index (χ1) is 8.84. The predicted molar refractivity (Wildman–Crippen MR) is 77.2 cm³/mol. The zero-order valence-electron chi connectivity index (χ0n) is 11.3. The number of hydrogen-bond donors (Lipinski definition) is 2. The van der Waals surface area contributed by atoms with Crippen LogP contribution in [0.5, 0.6) is 0 Å². The van der Waals surface area contributed by atoms with Gasteiger partial charge in [-0.05, 0) is 31.4 Å². The molecule has 1 heterocycles. The van der Waals surface area contributed by atoms with E-state index in [0.717, 1.165) is 11.8 Å². The molecule has 106 valence electrons. The minimum atomic E-state index is -0.349. The molecule has 1 saturated heterocycles. The molecule has 0 aromatic heterocycles. The van der Waals surface area contributed by atoms with E-state index in [1.54, 1.807) is 0 Å². The number of thioether (sulfide) groups is 1. The normalized spacial score (nSPS) is 27.5. The lowest BCUT2D eigenvalue weighted by Crippen LogP contribution is -2.35. The summed E-state index contributed by atoms with van der Waals surface area (Å²) < 4.78 is 5.77. The van der Waals surface area contributed by atoms with Gasteiger partial charge in [0.1, 0.15) is 0 Å². The number of aliphatic hydroxyl groups excluding tert-OH is 1. The lowest BCUT2D eigenvalue weighted by Gasteiger charge is -2.23. The summed E-state index contributed by atoms with van der Waals surface area (Å²) in [6, 6.07) is 0. The third-order valence-electron chi connectivity index (χ3n) is 3.85. The Morgan fingerprint density at radius 3 is 2.72 bits per heavy atom. The van der Waals surface area contributed by atoms with Gasteiger partial charge in [0.25, 0.3) is 0 Å². The summed E-state index contributed by atoms with van der Waals surface area (Å²) in [5.74, 6) is 1.31. The van der Waals surface area contributed by atoms with Crippen LogP contribution in [0.15, 0.2) is 0 Å². The van der Waals surface area contributed by atoms with Gasteiger partial charge in [0.15, 0.2) is 0 Å². The zero-order valence-corrected chi connectivity index (χ0v) is 12.1. The third-order valence-corrected chi connectivity index (χ3v) is 5.25. The van der Waals surface area contributed by atoms with Gasteiger partial charge < -0.3 is 15.2 Å². The maximum atomic E-state index is 9.86. The summed E-state index contributed by atoms with van der Waals surface area (Å²) in [7, 11) is 0. The SMILES string of the molecule is OC(CNCC1CCCS1)COC1CCCCC1. The molecule has 0 radical (unpaired) electrons. The highest BCUT2D eigenvalue weighted by Gasteiger charge is 2.17. The van der Waals surface area contributed by atoms with E-state index in [-0.39, 0.29) is 6.10 Å². The Hall–Kier alpha value is 0.230. The lowest BCUT2D eigenvalue weighted by atomic mass is 9.98. The Morgan fingerprint density at radius 1 is 1.17 bits per heavy atom. The number of rotatable bonds is 7. The van der Waals surface area contributed by atoms with Crippen molar-refractivity contribution < 1.29 is 9.84 Å². The van der Waals surface area contributed by atoms with Crippen molar-refractivity contribution in [2.24, 2.45) is 0 Å². The van der Waals surface area contributed by atoms with E-state index in [9.17, 15) is 5.11 Å². The topological polar surface area (TPSA) is 41.5 Å². The highest BCUT2D eigenvalue weighted by atomic mass is 32.2. The second-order valence-electron chi connectivity index (χ2n) is 5.54. The van der Waals surface area contributed by atoms with Crippen molar-refractivity contribution >= 4 is 11.8 Å². The van der Waals surface area contributed by atoms with Crippen LogP contribution in [-0.4, -0.2) is 48.0 Å². The quantitative estimate of drug-likeness (QED) is 0.746. The smallest absolute Gasteiger partial charge is 0.0897 e. The predicted octanol–water partition coefficient (Wildman–Crippen LogP) is 2.18. The van der Waals surface area contributed by atoms with Crippen LogP contribution in [0.2, 0.25) is 0 Å². The molecule has 2 rings (SSSR count). The molecule has 2 unspecified atom stereocenters. The van der Waals surface area contributed by atoms with E-state index >= 15 is 0 Å². The van der Waals surface area contributed by atoms with Gasteiger partial charge in [0, 0.05) is 18.3 Å². The van der Waals surface area contributed by atoms with Crippen molar-refractivity contribution in [2.75, 3.05) is 25.4 Å². The summed E-state index contributed by atoms with van der Waals surface area (Å²) in [6.07, 6.45) is 9.02. The van der Waals surface area contributed by atoms with Crippen molar-refractivity contribution in [3.63, 3.8) is 0 Å². The maximum Gasteiger partial charge on any atom is 0.0897 e. The summed E-state index contributed by atoms with van der Waals surface area (Å²) in [5.41, 5.74) is 0. The first kappa shape index (κ1) is 14.6. The van der Waals surface area contributed by atoms with Crippen LogP contribution in [0, 0.1) is 0 Å². The average molecular weight is 273 g/mol. The Morgan fingerprint density at radius 2 is 2.00 bits per heavy atom. The molecule has 1 saturated carbocycles. The highest BCUT2D eigenvalue weighted by molar-refractivity contribution is 8.00. The Labute approximate surface area is 115 Å². The van der Waals surface area contributed by atoms with Crippen LogP contribution < -0.4 is 5.32 Å². The molecule has 0 bridgehead atoms. The fourth-order valence-corrected chi connectivity index (χ4v) is 3.99.